The molecule has 0 aromatic carbocycles. The lowest BCUT2D eigenvalue weighted by Crippen LogP contribution is -2.34. The zero-order valence-corrected chi connectivity index (χ0v) is 13.2. The van der Waals surface area contributed by atoms with E-state index in [1.807, 2.05) is 11.4 Å². The van der Waals surface area contributed by atoms with E-state index in [-0.39, 0.29) is 0 Å². The van der Waals surface area contributed by atoms with E-state index in [9.17, 15) is 5.11 Å². The van der Waals surface area contributed by atoms with E-state index >= 15 is 0 Å². The Morgan fingerprint density at radius 3 is 2.90 bits per heavy atom. The Morgan fingerprint density at radius 1 is 1.40 bits per heavy atom. The van der Waals surface area contributed by atoms with Crippen molar-refractivity contribution < 1.29 is 9.84 Å². The highest BCUT2D eigenvalue weighted by molar-refractivity contribution is 7.09. The summed E-state index contributed by atoms with van der Waals surface area (Å²) in [6.07, 6.45) is 4.98. The molecule has 1 unspecified atom stereocenters. The molecule has 1 saturated carbocycles. The summed E-state index contributed by atoms with van der Waals surface area (Å²) >= 11 is 1.69. The third kappa shape index (κ3) is 5.92. The Bertz CT molecular complexity index is 347. The molecular weight excluding hydrogens is 270 g/mol. The van der Waals surface area contributed by atoms with Crippen molar-refractivity contribution in [3.8, 4) is 0 Å². The quantitative estimate of drug-likeness (QED) is 0.775. The lowest BCUT2D eigenvalue weighted by Gasteiger charge is -2.26. The molecule has 1 aliphatic carbocycles. The van der Waals surface area contributed by atoms with Gasteiger partial charge in [-0.05, 0) is 42.7 Å². The van der Waals surface area contributed by atoms with E-state index in [1.54, 1.807) is 11.3 Å². The van der Waals surface area contributed by atoms with Gasteiger partial charge in [-0.2, -0.15) is 0 Å². The first-order valence-electron chi connectivity index (χ1n) is 7.73. The molecule has 3 nitrogen and oxygen atoms in total. The van der Waals surface area contributed by atoms with Crippen LogP contribution in [0.25, 0.3) is 0 Å². The van der Waals surface area contributed by atoms with Crippen LogP contribution < -0.4 is 5.32 Å². The molecular formula is C16H27NO2S. The van der Waals surface area contributed by atoms with Crippen LogP contribution in [0, 0.1) is 11.8 Å². The van der Waals surface area contributed by atoms with Crippen molar-refractivity contribution in [1.82, 2.24) is 5.32 Å². The highest BCUT2D eigenvalue weighted by Gasteiger charge is 2.17. The fourth-order valence-corrected chi connectivity index (χ4v) is 3.38. The second kappa shape index (κ2) is 8.78. The Morgan fingerprint density at radius 2 is 2.20 bits per heavy atom. The predicted octanol–water partition coefficient (Wildman–Crippen LogP) is 3.04. The highest BCUT2D eigenvalue weighted by Crippen LogP contribution is 2.27. The molecule has 0 saturated heterocycles. The van der Waals surface area contributed by atoms with Gasteiger partial charge in [0, 0.05) is 11.4 Å². The number of aliphatic hydroxyl groups excluding tert-OH is 1. The zero-order valence-electron chi connectivity index (χ0n) is 12.4. The van der Waals surface area contributed by atoms with Gasteiger partial charge < -0.3 is 15.2 Å². The van der Waals surface area contributed by atoms with Gasteiger partial charge in [-0.15, -0.1) is 11.3 Å². The topological polar surface area (TPSA) is 41.5 Å². The van der Waals surface area contributed by atoms with Crippen LogP contribution in [0.3, 0.4) is 0 Å². The first-order chi connectivity index (χ1) is 9.74. The van der Waals surface area contributed by atoms with Crippen molar-refractivity contribution in [2.24, 2.45) is 11.8 Å². The molecule has 0 bridgehead atoms. The minimum absolute atomic E-state index is 0.405. The van der Waals surface area contributed by atoms with Crippen molar-refractivity contribution in [2.45, 2.75) is 45.3 Å². The van der Waals surface area contributed by atoms with Crippen LogP contribution in [0.1, 0.15) is 37.5 Å². The smallest absolute Gasteiger partial charge is 0.0897 e. The summed E-state index contributed by atoms with van der Waals surface area (Å²) in [7, 11) is 0. The lowest BCUT2D eigenvalue weighted by molar-refractivity contribution is 0.0292. The Balaban J connectivity index is 1.48. The van der Waals surface area contributed by atoms with Crippen molar-refractivity contribution in [3.05, 3.63) is 22.4 Å². The largest absolute Gasteiger partial charge is 0.389 e. The van der Waals surface area contributed by atoms with Crippen molar-refractivity contribution in [1.29, 1.82) is 0 Å². The maximum absolute atomic E-state index is 9.87. The lowest BCUT2D eigenvalue weighted by atomic mass is 9.83. The number of ether oxygens (including phenoxy) is 1. The fraction of sp³-hybridized carbons (Fsp3) is 0.750. The van der Waals surface area contributed by atoms with Crippen molar-refractivity contribution in [3.63, 3.8) is 0 Å². The van der Waals surface area contributed by atoms with E-state index in [4.69, 9.17) is 4.74 Å². The molecule has 2 rings (SSSR count). The summed E-state index contributed by atoms with van der Waals surface area (Å²) in [6, 6.07) is 4.08. The average Bonchev–Trinajstić information content (AvgIpc) is 2.94. The van der Waals surface area contributed by atoms with Gasteiger partial charge in [-0.1, -0.05) is 25.8 Å². The van der Waals surface area contributed by atoms with Crippen LogP contribution in [-0.4, -0.2) is 30.9 Å². The number of nitrogens with one attached hydrogen (secondary N) is 1. The van der Waals surface area contributed by atoms with Crippen LogP contribution in [0.2, 0.25) is 0 Å². The standard InChI is InChI=1S/C16H27NO2S/c1-13-4-6-14(7-5-13)9-17-10-15(18)11-19-12-16-3-2-8-20-16/h2-3,8,13-15,17-18H,4-7,9-12H2,1H3. The van der Waals surface area contributed by atoms with E-state index in [1.165, 1.54) is 30.6 Å². The van der Waals surface area contributed by atoms with Gasteiger partial charge in [0.2, 0.25) is 0 Å². The van der Waals surface area contributed by atoms with Gasteiger partial charge in [0.25, 0.3) is 0 Å². The number of thiophene rings is 1. The molecule has 4 heteroatoms. The minimum atomic E-state index is -0.405. The van der Waals surface area contributed by atoms with Gasteiger partial charge in [0.1, 0.15) is 0 Å². The summed E-state index contributed by atoms with van der Waals surface area (Å²) in [5, 5.41) is 15.3. The normalized spacial score (nSPS) is 24.7. The van der Waals surface area contributed by atoms with Crippen LogP contribution in [0.5, 0.6) is 0 Å². The first kappa shape index (κ1) is 16.0. The van der Waals surface area contributed by atoms with E-state index < -0.39 is 6.10 Å². The molecule has 1 aromatic rings. The predicted molar refractivity (Wildman–Crippen MR) is 84.0 cm³/mol. The second-order valence-corrected chi connectivity index (χ2v) is 7.06. The average molecular weight is 297 g/mol. The molecule has 0 spiro atoms. The zero-order chi connectivity index (χ0) is 14.2. The van der Waals surface area contributed by atoms with Crippen LogP contribution in [0.15, 0.2) is 17.5 Å². The summed E-state index contributed by atoms with van der Waals surface area (Å²) in [4.78, 5) is 1.21. The molecule has 1 atom stereocenters. The Labute approximate surface area is 126 Å². The maximum Gasteiger partial charge on any atom is 0.0897 e. The number of hydrogen-bond acceptors (Lipinski definition) is 4. The van der Waals surface area contributed by atoms with Crippen LogP contribution in [0.4, 0.5) is 0 Å². The van der Waals surface area contributed by atoms with E-state index in [0.717, 1.165) is 18.4 Å². The SMILES string of the molecule is CC1CCC(CNCC(O)COCc2cccs2)CC1. The third-order valence-corrected chi connectivity index (χ3v) is 4.93. The van der Waals surface area contributed by atoms with Gasteiger partial charge in [0.15, 0.2) is 0 Å². The molecule has 0 radical (unpaired) electrons. The summed E-state index contributed by atoms with van der Waals surface area (Å²) < 4.78 is 5.52. The van der Waals surface area contributed by atoms with Crippen LogP contribution >= 0.6 is 11.3 Å². The third-order valence-electron chi connectivity index (χ3n) is 4.08. The molecule has 2 N–H and O–H groups in total. The highest BCUT2D eigenvalue weighted by atomic mass is 32.1. The van der Waals surface area contributed by atoms with Crippen molar-refractivity contribution >= 4 is 11.3 Å². The van der Waals surface area contributed by atoms with Gasteiger partial charge in [-0.25, -0.2) is 0 Å². The van der Waals surface area contributed by atoms with Gasteiger partial charge in [-0.3, -0.25) is 0 Å². The first-order valence-corrected chi connectivity index (χ1v) is 8.61. The molecule has 1 aliphatic rings. The Hall–Kier alpha value is -0.420. The molecule has 1 fully saturated rings. The number of rotatable bonds is 8. The summed E-state index contributed by atoms with van der Waals surface area (Å²) in [5.41, 5.74) is 0. The van der Waals surface area contributed by atoms with E-state index in [2.05, 4.69) is 18.3 Å². The molecule has 114 valence electrons. The number of hydrogen-bond donors (Lipinski definition) is 2. The molecule has 1 heterocycles. The van der Waals surface area contributed by atoms with E-state index in [0.29, 0.717) is 19.8 Å². The second-order valence-electron chi connectivity index (χ2n) is 6.03. The minimum Gasteiger partial charge on any atom is -0.389 e. The number of aliphatic hydroxyl groups is 1. The monoisotopic (exact) mass is 297 g/mol. The molecule has 0 amide bonds. The fourth-order valence-electron chi connectivity index (χ4n) is 2.74. The van der Waals surface area contributed by atoms with Gasteiger partial charge >= 0.3 is 0 Å². The summed E-state index contributed by atoms with van der Waals surface area (Å²) in [6.45, 7) is 5.03. The Kier molecular flexibility index (Phi) is 7.00. The summed E-state index contributed by atoms with van der Waals surface area (Å²) in [5.74, 6) is 1.70. The molecule has 1 aromatic heterocycles. The maximum atomic E-state index is 9.87. The van der Waals surface area contributed by atoms with Crippen molar-refractivity contribution in [2.75, 3.05) is 19.7 Å². The van der Waals surface area contributed by atoms with Gasteiger partial charge in [0.05, 0.1) is 19.3 Å². The molecule has 0 aliphatic heterocycles. The van der Waals surface area contributed by atoms with Crippen LogP contribution in [-0.2, 0) is 11.3 Å². The molecule has 20 heavy (non-hydrogen) atoms.